The number of carbonyl (C=O) groups excluding carboxylic acids is 1. The molecule has 5 heteroatoms. The number of hydrogen-bond donors (Lipinski definition) is 1. The summed E-state index contributed by atoms with van der Waals surface area (Å²) in [6.45, 7) is 0.836. The molecule has 3 nitrogen and oxygen atoms in total. The number of dihydropyridines is 1. The normalized spacial score (nSPS) is 21.3. The Morgan fingerprint density at radius 2 is 1.87 bits per heavy atom. The van der Waals surface area contributed by atoms with Crippen molar-refractivity contribution < 1.29 is 18.3 Å². The summed E-state index contributed by atoms with van der Waals surface area (Å²) in [5, 5.41) is 3.09. The van der Waals surface area contributed by atoms with Crippen molar-refractivity contribution in [3.05, 3.63) is 58.8 Å². The number of benzene rings is 1. The standard InChI is InChI=1S/C18H19F2NO2/c1-18(19,20)13-7-5-12(6-8-13)16(22)15-10-9-14(11-3-4-11)17(21-15)23-2/h5-11,17,21H,3-4H2,1-2H3. The molecule has 0 saturated heterocycles. The molecule has 1 aliphatic carbocycles. The second-order valence-electron chi connectivity index (χ2n) is 6.08. The van der Waals surface area contributed by atoms with E-state index in [0.717, 1.165) is 25.3 Å². The van der Waals surface area contributed by atoms with Gasteiger partial charge in [0.2, 0.25) is 5.78 Å². The van der Waals surface area contributed by atoms with E-state index in [2.05, 4.69) is 5.32 Å². The topological polar surface area (TPSA) is 38.3 Å². The number of carbonyl (C=O) groups is 1. The van der Waals surface area contributed by atoms with Crippen LogP contribution in [-0.2, 0) is 10.7 Å². The van der Waals surface area contributed by atoms with Crippen LogP contribution in [0.1, 0.15) is 35.7 Å². The number of allylic oxidation sites excluding steroid dienone is 3. The fourth-order valence-electron chi connectivity index (χ4n) is 2.71. The van der Waals surface area contributed by atoms with Crippen LogP contribution in [0, 0.1) is 5.92 Å². The van der Waals surface area contributed by atoms with Gasteiger partial charge in [-0.05, 0) is 30.4 Å². The Labute approximate surface area is 134 Å². The highest BCUT2D eigenvalue weighted by Crippen LogP contribution is 2.39. The van der Waals surface area contributed by atoms with Crippen LogP contribution in [0.25, 0.3) is 0 Å². The third kappa shape index (κ3) is 3.34. The van der Waals surface area contributed by atoms with Crippen molar-refractivity contribution in [3.63, 3.8) is 0 Å². The van der Waals surface area contributed by atoms with E-state index in [1.165, 1.54) is 24.3 Å². The van der Waals surface area contributed by atoms with Gasteiger partial charge >= 0.3 is 0 Å². The third-order valence-electron chi connectivity index (χ3n) is 4.21. The summed E-state index contributed by atoms with van der Waals surface area (Å²) in [5.41, 5.74) is 1.84. The van der Waals surface area contributed by atoms with Crippen LogP contribution in [0.5, 0.6) is 0 Å². The van der Waals surface area contributed by atoms with Gasteiger partial charge in [-0.2, -0.15) is 0 Å². The molecular formula is C18H19F2NO2. The maximum absolute atomic E-state index is 13.2. The number of hydrogen-bond acceptors (Lipinski definition) is 3. The Balaban J connectivity index is 1.80. The number of ether oxygens (including phenoxy) is 1. The molecule has 0 radical (unpaired) electrons. The maximum atomic E-state index is 13.2. The van der Waals surface area contributed by atoms with E-state index in [0.29, 0.717) is 17.2 Å². The number of alkyl halides is 2. The molecule has 2 aliphatic rings. The molecule has 0 amide bonds. The third-order valence-corrected chi connectivity index (χ3v) is 4.21. The van der Waals surface area contributed by atoms with Gasteiger partial charge in [0.15, 0.2) is 0 Å². The van der Waals surface area contributed by atoms with Crippen LogP contribution < -0.4 is 5.32 Å². The molecule has 122 valence electrons. The van der Waals surface area contributed by atoms with Gasteiger partial charge in [0.25, 0.3) is 5.92 Å². The highest BCUT2D eigenvalue weighted by atomic mass is 19.3. The zero-order valence-corrected chi connectivity index (χ0v) is 13.1. The molecule has 1 heterocycles. The molecule has 1 aliphatic heterocycles. The SMILES string of the molecule is COC1NC(C(=O)c2ccc(C(C)(F)F)cc2)=CC=C1C1CC1. The molecule has 0 aromatic heterocycles. The number of nitrogens with one attached hydrogen (secondary N) is 1. The molecule has 3 rings (SSSR count). The van der Waals surface area contributed by atoms with Gasteiger partial charge in [0, 0.05) is 25.2 Å². The van der Waals surface area contributed by atoms with Crippen molar-refractivity contribution in [1.29, 1.82) is 0 Å². The van der Waals surface area contributed by atoms with Crippen LogP contribution in [-0.4, -0.2) is 19.1 Å². The molecule has 23 heavy (non-hydrogen) atoms. The fourth-order valence-corrected chi connectivity index (χ4v) is 2.71. The molecule has 0 spiro atoms. The Kier molecular flexibility index (Phi) is 4.06. The van der Waals surface area contributed by atoms with Crippen molar-refractivity contribution in [1.82, 2.24) is 5.32 Å². The average Bonchev–Trinajstić information content (AvgIpc) is 3.37. The fraction of sp³-hybridized carbons (Fsp3) is 0.389. The zero-order valence-electron chi connectivity index (χ0n) is 13.1. The summed E-state index contributed by atoms with van der Waals surface area (Å²) in [4.78, 5) is 12.5. The number of ketones is 1. The van der Waals surface area contributed by atoms with Crippen LogP contribution >= 0.6 is 0 Å². The number of halogens is 2. The lowest BCUT2D eigenvalue weighted by atomic mass is 10.00. The first kappa shape index (κ1) is 15.9. The zero-order chi connectivity index (χ0) is 16.6. The van der Waals surface area contributed by atoms with Crippen LogP contribution in [0.2, 0.25) is 0 Å². The van der Waals surface area contributed by atoms with E-state index >= 15 is 0 Å². The highest BCUT2D eigenvalue weighted by Gasteiger charge is 2.33. The number of rotatable bonds is 5. The number of Topliss-reactive ketones (excluding diaryl/α,β-unsaturated/α-hetero) is 1. The lowest BCUT2D eigenvalue weighted by Crippen LogP contribution is -2.37. The van der Waals surface area contributed by atoms with Crippen molar-refractivity contribution in [3.8, 4) is 0 Å². The van der Waals surface area contributed by atoms with Gasteiger partial charge < -0.3 is 10.1 Å². The molecule has 1 N–H and O–H groups in total. The van der Waals surface area contributed by atoms with Crippen molar-refractivity contribution in [2.75, 3.05) is 7.11 Å². The van der Waals surface area contributed by atoms with E-state index in [4.69, 9.17) is 4.74 Å². The van der Waals surface area contributed by atoms with Gasteiger partial charge in [-0.25, -0.2) is 8.78 Å². The molecule has 1 unspecified atom stereocenters. The Morgan fingerprint density at radius 1 is 1.22 bits per heavy atom. The van der Waals surface area contributed by atoms with Crippen molar-refractivity contribution >= 4 is 5.78 Å². The summed E-state index contributed by atoms with van der Waals surface area (Å²) in [5.74, 6) is -2.61. The van der Waals surface area contributed by atoms with E-state index in [1.54, 1.807) is 13.2 Å². The summed E-state index contributed by atoms with van der Waals surface area (Å²) < 4.78 is 31.9. The predicted molar refractivity (Wildman–Crippen MR) is 83.2 cm³/mol. The molecule has 1 saturated carbocycles. The highest BCUT2D eigenvalue weighted by molar-refractivity contribution is 6.08. The van der Waals surface area contributed by atoms with Crippen LogP contribution in [0.15, 0.2) is 47.7 Å². The Morgan fingerprint density at radius 3 is 2.39 bits per heavy atom. The number of methoxy groups -OCH3 is 1. The van der Waals surface area contributed by atoms with Gasteiger partial charge in [-0.15, -0.1) is 0 Å². The Bertz CT molecular complexity index is 667. The minimum atomic E-state index is -2.91. The summed E-state index contributed by atoms with van der Waals surface area (Å²) in [6, 6.07) is 5.44. The van der Waals surface area contributed by atoms with E-state index in [9.17, 15) is 13.6 Å². The van der Waals surface area contributed by atoms with Crippen LogP contribution in [0.3, 0.4) is 0 Å². The van der Waals surface area contributed by atoms with Gasteiger partial charge in [0.05, 0.1) is 5.70 Å². The molecule has 1 aromatic carbocycles. The first-order chi connectivity index (χ1) is 10.9. The Hall–Kier alpha value is -2.01. The molecular weight excluding hydrogens is 300 g/mol. The predicted octanol–water partition coefficient (Wildman–Crippen LogP) is 3.78. The monoisotopic (exact) mass is 319 g/mol. The summed E-state index contributed by atoms with van der Waals surface area (Å²) >= 11 is 0. The van der Waals surface area contributed by atoms with Crippen LogP contribution in [0.4, 0.5) is 8.78 Å². The van der Waals surface area contributed by atoms with E-state index < -0.39 is 5.92 Å². The second kappa shape index (κ2) is 5.89. The second-order valence-corrected chi connectivity index (χ2v) is 6.08. The maximum Gasteiger partial charge on any atom is 0.270 e. The molecule has 1 atom stereocenters. The minimum absolute atomic E-state index is 0.106. The van der Waals surface area contributed by atoms with E-state index in [-0.39, 0.29) is 17.6 Å². The lowest BCUT2D eigenvalue weighted by Gasteiger charge is -2.25. The van der Waals surface area contributed by atoms with E-state index in [1.807, 2.05) is 6.08 Å². The quantitative estimate of drug-likeness (QED) is 0.840. The molecule has 1 fully saturated rings. The largest absolute Gasteiger partial charge is 0.358 e. The van der Waals surface area contributed by atoms with Gasteiger partial charge in [0.1, 0.15) is 6.23 Å². The van der Waals surface area contributed by atoms with Crippen molar-refractivity contribution in [2.24, 2.45) is 5.92 Å². The molecule has 0 bridgehead atoms. The van der Waals surface area contributed by atoms with Gasteiger partial charge in [-0.1, -0.05) is 30.3 Å². The summed E-state index contributed by atoms with van der Waals surface area (Å²) in [7, 11) is 1.60. The lowest BCUT2D eigenvalue weighted by molar-refractivity contribution is 0.0174. The smallest absolute Gasteiger partial charge is 0.270 e. The first-order valence-corrected chi connectivity index (χ1v) is 7.64. The summed E-state index contributed by atoms with van der Waals surface area (Å²) in [6.07, 6.45) is 5.68. The minimum Gasteiger partial charge on any atom is -0.358 e. The first-order valence-electron chi connectivity index (χ1n) is 7.64. The van der Waals surface area contributed by atoms with Gasteiger partial charge in [-0.3, -0.25) is 4.79 Å². The van der Waals surface area contributed by atoms with Crippen molar-refractivity contribution in [2.45, 2.75) is 31.9 Å². The molecule has 1 aromatic rings. The average molecular weight is 319 g/mol.